The number of rotatable bonds is 8. The molecular formula is C20H22FN3O4. The maximum atomic E-state index is 14.4. The molecule has 1 heterocycles. The zero-order valence-electron chi connectivity index (χ0n) is 15.8. The molecule has 2 rings (SSSR count). The lowest BCUT2D eigenvalue weighted by molar-refractivity contribution is -0.131. The smallest absolute Gasteiger partial charge is 0.261 e. The molecule has 1 aliphatic heterocycles. The maximum Gasteiger partial charge on any atom is 0.261 e. The van der Waals surface area contributed by atoms with E-state index in [2.05, 4.69) is 11.2 Å². The van der Waals surface area contributed by atoms with E-state index in [-0.39, 0.29) is 36.4 Å². The highest BCUT2D eigenvalue weighted by Gasteiger charge is 2.32. The van der Waals surface area contributed by atoms with Gasteiger partial charge in [-0.2, -0.15) is 0 Å². The standard InChI is InChI=1S/C20H22FN3O4/c1-4-14-10-23(11-14)18-9-15(13(2)8-16(18)21)20(28)24(12-26)17(6-5-7-25)19(27)22-3/h1,7-9,12,14,17H,5-6,10-11H2,2-3H3,(H,22,27). The number of aldehydes is 1. The molecule has 0 spiro atoms. The molecule has 1 aliphatic rings. The minimum Gasteiger partial charge on any atom is -0.367 e. The number of likely N-dealkylation sites (N-methyl/N-ethyl adjacent to an activating group) is 1. The van der Waals surface area contributed by atoms with Gasteiger partial charge in [0.15, 0.2) is 0 Å². The minimum atomic E-state index is -1.14. The summed E-state index contributed by atoms with van der Waals surface area (Å²) >= 11 is 0. The zero-order chi connectivity index (χ0) is 20.8. The molecule has 1 N–H and O–H groups in total. The van der Waals surface area contributed by atoms with Crippen LogP contribution in [0.5, 0.6) is 0 Å². The first kappa shape index (κ1) is 21.1. The quantitative estimate of drug-likeness (QED) is 0.529. The second-order valence-electron chi connectivity index (χ2n) is 6.58. The van der Waals surface area contributed by atoms with Crippen molar-refractivity contribution in [2.24, 2.45) is 5.92 Å². The molecule has 0 bridgehead atoms. The lowest BCUT2D eigenvalue weighted by atomic mass is 9.98. The number of nitrogens with zero attached hydrogens (tertiary/aromatic N) is 2. The Morgan fingerprint density at radius 1 is 1.43 bits per heavy atom. The van der Waals surface area contributed by atoms with E-state index in [0.29, 0.717) is 24.9 Å². The van der Waals surface area contributed by atoms with Crippen molar-refractivity contribution in [1.29, 1.82) is 0 Å². The molecule has 0 saturated carbocycles. The van der Waals surface area contributed by atoms with E-state index < -0.39 is 23.7 Å². The van der Waals surface area contributed by atoms with Crippen LogP contribution in [0.3, 0.4) is 0 Å². The van der Waals surface area contributed by atoms with Crippen molar-refractivity contribution in [2.75, 3.05) is 25.0 Å². The Morgan fingerprint density at radius 3 is 2.64 bits per heavy atom. The molecule has 0 aromatic heterocycles. The summed E-state index contributed by atoms with van der Waals surface area (Å²) in [6.45, 7) is 2.49. The SMILES string of the molecule is C#CC1CN(c2cc(C(=O)N(C=O)C(CCC=O)C(=O)NC)c(C)cc2F)C1. The Labute approximate surface area is 162 Å². The fourth-order valence-corrected chi connectivity index (χ4v) is 3.11. The van der Waals surface area contributed by atoms with Crippen LogP contribution in [-0.4, -0.2) is 55.6 Å². The summed E-state index contributed by atoms with van der Waals surface area (Å²) in [5.41, 5.74) is 0.654. The zero-order valence-corrected chi connectivity index (χ0v) is 15.8. The van der Waals surface area contributed by atoms with Crippen LogP contribution in [-0.2, 0) is 14.4 Å². The van der Waals surface area contributed by atoms with Crippen molar-refractivity contribution in [1.82, 2.24) is 10.2 Å². The number of halogens is 1. The molecule has 8 heteroatoms. The Kier molecular flexibility index (Phi) is 6.88. The third-order valence-corrected chi connectivity index (χ3v) is 4.77. The number of benzene rings is 1. The number of amides is 3. The first-order chi connectivity index (χ1) is 13.4. The van der Waals surface area contributed by atoms with Gasteiger partial charge in [0.05, 0.1) is 11.6 Å². The van der Waals surface area contributed by atoms with Crippen LogP contribution >= 0.6 is 0 Å². The first-order valence-corrected chi connectivity index (χ1v) is 8.82. The van der Waals surface area contributed by atoms with Gasteiger partial charge in [0.1, 0.15) is 18.1 Å². The average molecular weight is 387 g/mol. The molecule has 148 valence electrons. The van der Waals surface area contributed by atoms with Crippen LogP contribution < -0.4 is 10.2 Å². The molecule has 1 saturated heterocycles. The van der Waals surface area contributed by atoms with Crippen molar-refractivity contribution in [3.63, 3.8) is 0 Å². The minimum absolute atomic E-state index is 0.00325. The van der Waals surface area contributed by atoms with Gasteiger partial charge in [-0.3, -0.25) is 19.3 Å². The van der Waals surface area contributed by atoms with Gasteiger partial charge in [0.2, 0.25) is 12.3 Å². The average Bonchev–Trinajstić information content (AvgIpc) is 2.64. The van der Waals surface area contributed by atoms with E-state index in [1.165, 1.54) is 19.2 Å². The summed E-state index contributed by atoms with van der Waals surface area (Å²) in [7, 11) is 1.37. The van der Waals surface area contributed by atoms with Crippen LogP contribution in [0.25, 0.3) is 0 Å². The molecular weight excluding hydrogens is 365 g/mol. The van der Waals surface area contributed by atoms with Gasteiger partial charge in [0.25, 0.3) is 5.91 Å². The van der Waals surface area contributed by atoms with E-state index in [1.54, 1.807) is 11.8 Å². The summed E-state index contributed by atoms with van der Waals surface area (Å²) in [5.74, 6) is 0.816. The molecule has 0 aliphatic carbocycles. The van der Waals surface area contributed by atoms with Crippen molar-refractivity contribution in [3.8, 4) is 12.3 Å². The third-order valence-electron chi connectivity index (χ3n) is 4.77. The highest BCUT2D eigenvalue weighted by atomic mass is 19.1. The largest absolute Gasteiger partial charge is 0.367 e. The number of carbonyl (C=O) groups excluding carboxylic acids is 4. The van der Waals surface area contributed by atoms with E-state index in [0.717, 1.165) is 4.90 Å². The number of anilines is 1. The Hall–Kier alpha value is -3.21. The molecule has 1 aromatic carbocycles. The topological polar surface area (TPSA) is 86.8 Å². The Morgan fingerprint density at radius 2 is 2.11 bits per heavy atom. The lowest BCUT2D eigenvalue weighted by Crippen LogP contribution is -2.49. The molecule has 3 amide bonds. The first-order valence-electron chi connectivity index (χ1n) is 8.82. The predicted octanol–water partition coefficient (Wildman–Crippen LogP) is 0.896. The normalized spacial score (nSPS) is 14.4. The van der Waals surface area contributed by atoms with E-state index in [9.17, 15) is 23.6 Å². The fraction of sp³-hybridized carbons (Fsp3) is 0.400. The molecule has 7 nitrogen and oxygen atoms in total. The van der Waals surface area contributed by atoms with Crippen molar-refractivity contribution < 1.29 is 23.6 Å². The lowest BCUT2D eigenvalue weighted by Gasteiger charge is -2.38. The summed E-state index contributed by atoms with van der Waals surface area (Å²) in [5, 5.41) is 2.38. The monoisotopic (exact) mass is 387 g/mol. The van der Waals surface area contributed by atoms with Gasteiger partial charge in [-0.1, -0.05) is 5.92 Å². The van der Waals surface area contributed by atoms with Gasteiger partial charge >= 0.3 is 0 Å². The fourth-order valence-electron chi connectivity index (χ4n) is 3.11. The highest BCUT2D eigenvalue weighted by Crippen LogP contribution is 2.30. The van der Waals surface area contributed by atoms with E-state index >= 15 is 0 Å². The van der Waals surface area contributed by atoms with Gasteiger partial charge in [-0.15, -0.1) is 6.42 Å². The molecule has 1 aromatic rings. The van der Waals surface area contributed by atoms with Crippen molar-refractivity contribution in [3.05, 3.63) is 29.1 Å². The van der Waals surface area contributed by atoms with E-state index in [4.69, 9.17) is 6.42 Å². The third kappa shape index (κ3) is 4.19. The summed E-state index contributed by atoms with van der Waals surface area (Å²) < 4.78 is 14.4. The second-order valence-corrected chi connectivity index (χ2v) is 6.58. The predicted molar refractivity (Wildman–Crippen MR) is 101 cm³/mol. The van der Waals surface area contributed by atoms with Crippen LogP contribution in [0.2, 0.25) is 0 Å². The van der Waals surface area contributed by atoms with Gasteiger partial charge in [-0.05, 0) is 31.0 Å². The van der Waals surface area contributed by atoms with Crippen molar-refractivity contribution >= 4 is 30.2 Å². The number of imide groups is 1. The maximum absolute atomic E-state index is 14.4. The molecule has 0 radical (unpaired) electrons. The number of hydrogen-bond acceptors (Lipinski definition) is 5. The van der Waals surface area contributed by atoms with Gasteiger partial charge in [-0.25, -0.2) is 4.39 Å². The molecule has 28 heavy (non-hydrogen) atoms. The molecule has 1 atom stereocenters. The number of aryl methyl sites for hydroxylation is 1. The number of carbonyl (C=O) groups is 4. The van der Waals surface area contributed by atoms with E-state index in [1.807, 2.05) is 0 Å². The summed E-state index contributed by atoms with van der Waals surface area (Å²) in [4.78, 5) is 49.9. The molecule has 1 fully saturated rings. The van der Waals surface area contributed by atoms with Gasteiger partial charge < -0.3 is 15.0 Å². The summed E-state index contributed by atoms with van der Waals surface area (Å²) in [6, 6.07) is 1.45. The van der Waals surface area contributed by atoms with Gasteiger partial charge in [0, 0.05) is 32.1 Å². The van der Waals surface area contributed by atoms with Crippen LogP contribution in [0.15, 0.2) is 12.1 Å². The Bertz CT molecular complexity index is 827. The number of terminal acetylenes is 1. The van der Waals surface area contributed by atoms with Crippen molar-refractivity contribution in [2.45, 2.75) is 25.8 Å². The second kappa shape index (κ2) is 9.13. The highest BCUT2D eigenvalue weighted by molar-refractivity contribution is 6.04. The number of nitrogens with one attached hydrogen (secondary N) is 1. The Balaban J connectivity index is 2.37. The van der Waals surface area contributed by atoms with Crippen LogP contribution in [0.4, 0.5) is 10.1 Å². The summed E-state index contributed by atoms with van der Waals surface area (Å²) in [6.07, 6.45) is 6.22. The molecule has 1 unspecified atom stereocenters. The number of hydrogen-bond donors (Lipinski definition) is 1. The van der Waals surface area contributed by atoms with Crippen LogP contribution in [0.1, 0.15) is 28.8 Å². The van der Waals surface area contributed by atoms with Crippen LogP contribution in [0, 0.1) is 31.0 Å².